The summed E-state index contributed by atoms with van der Waals surface area (Å²) in [6, 6.07) is 7.97. The number of H-pyrrole nitrogens is 1. The summed E-state index contributed by atoms with van der Waals surface area (Å²) in [6.45, 7) is 6.63. The Labute approximate surface area is 160 Å². The summed E-state index contributed by atoms with van der Waals surface area (Å²) in [5.41, 5.74) is 1.64. The fourth-order valence-electron chi connectivity index (χ4n) is 4.00. The number of nitrogens with zero attached hydrogens (tertiary/aromatic N) is 2. The van der Waals surface area contributed by atoms with Crippen LogP contribution in [0.4, 0.5) is 0 Å². The number of nitrogens with one attached hydrogen (secondary N) is 1. The van der Waals surface area contributed by atoms with E-state index < -0.39 is 5.41 Å². The van der Waals surface area contributed by atoms with E-state index in [2.05, 4.69) is 20.9 Å². The molecule has 146 valence electrons. The molecule has 1 aliphatic rings. The second kappa shape index (κ2) is 8.57. The van der Waals surface area contributed by atoms with Crippen LogP contribution in [0.2, 0.25) is 0 Å². The number of esters is 1. The first kappa shape index (κ1) is 19.4. The SMILES string of the molecule is CCOC(=O)[C@@]1(Cc2cccc(OC)c2)CCCN(Cc2cnc(C)[nH]2)C1. The molecule has 1 aromatic carbocycles. The van der Waals surface area contributed by atoms with Crippen LogP contribution in [0.15, 0.2) is 30.5 Å². The van der Waals surface area contributed by atoms with E-state index >= 15 is 0 Å². The number of aryl methyl sites for hydroxylation is 1. The average Bonchev–Trinajstić information content (AvgIpc) is 3.07. The first-order chi connectivity index (χ1) is 13.0. The number of carbonyl (C=O) groups is 1. The molecule has 0 unspecified atom stereocenters. The molecule has 0 amide bonds. The molecule has 1 aromatic heterocycles. The summed E-state index contributed by atoms with van der Waals surface area (Å²) in [5.74, 6) is 1.63. The Bertz CT molecular complexity index is 774. The minimum absolute atomic E-state index is 0.0988. The van der Waals surface area contributed by atoms with Crippen LogP contribution in [0.3, 0.4) is 0 Å². The normalized spacial score (nSPS) is 20.4. The van der Waals surface area contributed by atoms with Crippen molar-refractivity contribution in [1.82, 2.24) is 14.9 Å². The van der Waals surface area contributed by atoms with Crippen LogP contribution >= 0.6 is 0 Å². The lowest BCUT2D eigenvalue weighted by molar-refractivity contribution is -0.159. The van der Waals surface area contributed by atoms with Crippen LogP contribution < -0.4 is 4.74 Å². The van der Waals surface area contributed by atoms with Gasteiger partial charge in [-0.25, -0.2) is 4.98 Å². The molecule has 0 saturated carbocycles. The molecule has 1 N–H and O–H groups in total. The maximum atomic E-state index is 13.0. The topological polar surface area (TPSA) is 67.5 Å². The van der Waals surface area contributed by atoms with E-state index in [1.54, 1.807) is 7.11 Å². The van der Waals surface area contributed by atoms with Crippen molar-refractivity contribution in [1.29, 1.82) is 0 Å². The standard InChI is InChI=1S/C21H29N3O3/c1-4-27-20(25)21(12-17-7-5-8-19(11-17)26-3)9-6-10-24(15-21)14-18-13-22-16(2)23-18/h5,7-8,11,13H,4,6,9-10,12,14-15H2,1-3H3,(H,22,23)/t21-/m1/s1. The van der Waals surface area contributed by atoms with Crippen molar-refractivity contribution in [3.63, 3.8) is 0 Å². The van der Waals surface area contributed by atoms with Gasteiger partial charge in [-0.2, -0.15) is 0 Å². The summed E-state index contributed by atoms with van der Waals surface area (Å²) in [6.07, 6.45) is 4.33. The van der Waals surface area contributed by atoms with E-state index in [0.717, 1.165) is 48.8 Å². The molecule has 0 bridgehead atoms. The number of benzene rings is 1. The molecule has 1 fully saturated rings. The largest absolute Gasteiger partial charge is 0.497 e. The smallest absolute Gasteiger partial charge is 0.313 e. The van der Waals surface area contributed by atoms with Crippen LogP contribution in [0.1, 0.15) is 36.8 Å². The van der Waals surface area contributed by atoms with Crippen molar-refractivity contribution in [2.45, 2.75) is 39.7 Å². The molecule has 2 heterocycles. The minimum Gasteiger partial charge on any atom is -0.497 e. The van der Waals surface area contributed by atoms with Gasteiger partial charge < -0.3 is 14.5 Å². The number of ether oxygens (including phenoxy) is 2. The molecule has 27 heavy (non-hydrogen) atoms. The zero-order valence-corrected chi connectivity index (χ0v) is 16.5. The fraction of sp³-hybridized carbons (Fsp3) is 0.524. The number of methoxy groups -OCH3 is 1. The molecule has 2 aromatic rings. The molecule has 1 saturated heterocycles. The van der Waals surface area contributed by atoms with Crippen molar-refractivity contribution in [3.05, 3.63) is 47.5 Å². The third kappa shape index (κ3) is 4.69. The number of likely N-dealkylation sites (tertiary alicyclic amines) is 1. The average molecular weight is 371 g/mol. The Hall–Kier alpha value is -2.34. The second-order valence-electron chi connectivity index (χ2n) is 7.34. The molecule has 1 aliphatic heterocycles. The predicted molar refractivity (Wildman–Crippen MR) is 104 cm³/mol. The number of rotatable bonds is 7. The highest BCUT2D eigenvalue weighted by atomic mass is 16.5. The zero-order valence-electron chi connectivity index (χ0n) is 16.5. The van der Waals surface area contributed by atoms with Crippen LogP contribution in [0, 0.1) is 12.3 Å². The van der Waals surface area contributed by atoms with E-state index in [1.807, 2.05) is 38.2 Å². The van der Waals surface area contributed by atoms with Gasteiger partial charge in [-0.3, -0.25) is 9.69 Å². The highest BCUT2D eigenvalue weighted by Gasteiger charge is 2.43. The van der Waals surface area contributed by atoms with E-state index in [1.165, 1.54) is 0 Å². The highest BCUT2D eigenvalue weighted by molar-refractivity contribution is 5.78. The Morgan fingerprint density at radius 3 is 2.96 bits per heavy atom. The molecule has 0 aliphatic carbocycles. The lowest BCUT2D eigenvalue weighted by atomic mass is 9.75. The van der Waals surface area contributed by atoms with Gasteiger partial charge in [0.25, 0.3) is 0 Å². The molecule has 6 heteroatoms. The summed E-state index contributed by atoms with van der Waals surface area (Å²) in [5, 5.41) is 0. The van der Waals surface area contributed by atoms with E-state index in [-0.39, 0.29) is 5.97 Å². The van der Waals surface area contributed by atoms with Crippen molar-refractivity contribution in [2.75, 3.05) is 26.8 Å². The number of carbonyl (C=O) groups excluding carboxylic acids is 1. The first-order valence-corrected chi connectivity index (χ1v) is 9.57. The van der Waals surface area contributed by atoms with Gasteiger partial charge in [-0.05, 0) is 57.4 Å². The van der Waals surface area contributed by atoms with Gasteiger partial charge in [0.15, 0.2) is 0 Å². The summed E-state index contributed by atoms with van der Waals surface area (Å²) >= 11 is 0. The Morgan fingerprint density at radius 1 is 1.41 bits per heavy atom. The van der Waals surface area contributed by atoms with Crippen molar-refractivity contribution < 1.29 is 14.3 Å². The van der Waals surface area contributed by atoms with E-state index in [0.29, 0.717) is 19.6 Å². The molecule has 3 rings (SSSR count). The Kier molecular flexibility index (Phi) is 6.16. The molecule has 0 radical (unpaired) electrons. The predicted octanol–water partition coefficient (Wildman–Crippen LogP) is 3.11. The minimum atomic E-state index is -0.532. The van der Waals surface area contributed by atoms with Crippen LogP contribution in [-0.2, 0) is 22.5 Å². The van der Waals surface area contributed by atoms with Gasteiger partial charge in [-0.15, -0.1) is 0 Å². The number of piperidine rings is 1. The highest BCUT2D eigenvalue weighted by Crippen LogP contribution is 2.36. The maximum Gasteiger partial charge on any atom is 0.313 e. The third-order valence-electron chi connectivity index (χ3n) is 5.19. The van der Waals surface area contributed by atoms with Gasteiger partial charge in [0.2, 0.25) is 0 Å². The van der Waals surface area contributed by atoms with Crippen molar-refractivity contribution >= 4 is 5.97 Å². The summed E-state index contributed by atoms with van der Waals surface area (Å²) in [7, 11) is 1.66. The lowest BCUT2D eigenvalue weighted by Crippen LogP contribution is -2.49. The number of aromatic amines is 1. The number of aromatic nitrogens is 2. The molecular formula is C21H29N3O3. The number of imidazole rings is 1. The van der Waals surface area contributed by atoms with Crippen LogP contribution in [-0.4, -0.2) is 47.6 Å². The molecule has 6 nitrogen and oxygen atoms in total. The fourth-order valence-corrected chi connectivity index (χ4v) is 4.00. The summed E-state index contributed by atoms with van der Waals surface area (Å²) in [4.78, 5) is 22.9. The zero-order chi connectivity index (χ0) is 19.3. The number of hydrogen-bond donors (Lipinski definition) is 1. The van der Waals surface area contributed by atoms with Gasteiger partial charge in [-0.1, -0.05) is 12.1 Å². The third-order valence-corrected chi connectivity index (χ3v) is 5.19. The van der Waals surface area contributed by atoms with E-state index in [4.69, 9.17) is 9.47 Å². The van der Waals surface area contributed by atoms with Gasteiger partial charge in [0.1, 0.15) is 11.6 Å². The number of hydrogen-bond acceptors (Lipinski definition) is 5. The maximum absolute atomic E-state index is 13.0. The monoisotopic (exact) mass is 371 g/mol. The quantitative estimate of drug-likeness (QED) is 0.758. The second-order valence-corrected chi connectivity index (χ2v) is 7.34. The Balaban J connectivity index is 1.81. The van der Waals surface area contributed by atoms with Crippen LogP contribution in [0.5, 0.6) is 5.75 Å². The van der Waals surface area contributed by atoms with Gasteiger partial charge in [0.05, 0.1) is 19.1 Å². The lowest BCUT2D eigenvalue weighted by Gasteiger charge is -2.41. The van der Waals surface area contributed by atoms with Crippen molar-refractivity contribution in [3.8, 4) is 5.75 Å². The van der Waals surface area contributed by atoms with Gasteiger partial charge >= 0.3 is 5.97 Å². The molecular weight excluding hydrogens is 342 g/mol. The van der Waals surface area contributed by atoms with E-state index in [9.17, 15) is 4.79 Å². The summed E-state index contributed by atoms with van der Waals surface area (Å²) < 4.78 is 10.8. The molecule has 1 atom stereocenters. The first-order valence-electron chi connectivity index (χ1n) is 9.57. The Morgan fingerprint density at radius 2 is 2.26 bits per heavy atom. The van der Waals surface area contributed by atoms with Crippen molar-refractivity contribution in [2.24, 2.45) is 5.41 Å². The van der Waals surface area contributed by atoms with Crippen LogP contribution in [0.25, 0.3) is 0 Å². The van der Waals surface area contributed by atoms with Gasteiger partial charge in [0, 0.05) is 25.0 Å². The molecule has 0 spiro atoms.